The SMILES string of the molecule is CNCc1cnc(N(C)CC2CCCN2C)c(C)c1. The quantitative estimate of drug-likeness (QED) is 0.874. The largest absolute Gasteiger partial charge is 0.358 e. The number of hydrogen-bond donors (Lipinski definition) is 1. The number of hydrogen-bond acceptors (Lipinski definition) is 4. The van der Waals surface area contributed by atoms with Gasteiger partial charge in [-0.3, -0.25) is 0 Å². The third kappa shape index (κ3) is 3.45. The molecule has 0 aromatic carbocycles. The number of anilines is 1. The van der Waals surface area contributed by atoms with Gasteiger partial charge in [0.15, 0.2) is 0 Å². The van der Waals surface area contributed by atoms with Crippen molar-refractivity contribution in [2.24, 2.45) is 0 Å². The number of nitrogens with zero attached hydrogens (tertiary/aromatic N) is 3. The van der Waals surface area contributed by atoms with E-state index in [1.807, 2.05) is 13.2 Å². The van der Waals surface area contributed by atoms with Gasteiger partial charge >= 0.3 is 0 Å². The van der Waals surface area contributed by atoms with Crippen LogP contribution in [0.15, 0.2) is 12.3 Å². The van der Waals surface area contributed by atoms with E-state index < -0.39 is 0 Å². The van der Waals surface area contributed by atoms with Crippen LogP contribution in [0.25, 0.3) is 0 Å². The molecule has 106 valence electrons. The Bertz CT molecular complexity index is 419. The van der Waals surface area contributed by atoms with Gasteiger partial charge in [0.05, 0.1) is 0 Å². The van der Waals surface area contributed by atoms with Crippen molar-refractivity contribution in [2.45, 2.75) is 32.4 Å². The van der Waals surface area contributed by atoms with Crippen molar-refractivity contribution in [2.75, 3.05) is 39.1 Å². The summed E-state index contributed by atoms with van der Waals surface area (Å²) in [6, 6.07) is 2.90. The molecule has 1 fully saturated rings. The first-order valence-corrected chi connectivity index (χ1v) is 7.13. The van der Waals surface area contributed by atoms with Crippen molar-refractivity contribution < 1.29 is 0 Å². The van der Waals surface area contributed by atoms with Crippen molar-refractivity contribution in [3.63, 3.8) is 0 Å². The molecule has 1 unspecified atom stereocenters. The zero-order chi connectivity index (χ0) is 13.8. The maximum absolute atomic E-state index is 4.63. The van der Waals surface area contributed by atoms with Crippen LogP contribution in [0.4, 0.5) is 5.82 Å². The van der Waals surface area contributed by atoms with E-state index in [4.69, 9.17) is 0 Å². The highest BCUT2D eigenvalue weighted by atomic mass is 15.2. The standard InChI is InChI=1S/C15H26N4/c1-12-8-13(9-16-2)10-17-15(12)19(4)11-14-6-5-7-18(14)3/h8,10,14,16H,5-7,9,11H2,1-4H3. The van der Waals surface area contributed by atoms with E-state index in [1.165, 1.54) is 30.5 Å². The molecule has 4 heteroatoms. The van der Waals surface area contributed by atoms with E-state index in [1.54, 1.807) is 0 Å². The Hall–Kier alpha value is -1.13. The van der Waals surface area contributed by atoms with Gasteiger partial charge in [0, 0.05) is 32.4 Å². The molecule has 2 rings (SSSR count). The predicted octanol–water partition coefficient (Wildman–Crippen LogP) is 1.64. The van der Waals surface area contributed by atoms with Gasteiger partial charge in [-0.2, -0.15) is 0 Å². The first-order valence-electron chi connectivity index (χ1n) is 7.13. The van der Waals surface area contributed by atoms with Crippen LogP contribution in [0.2, 0.25) is 0 Å². The maximum Gasteiger partial charge on any atom is 0.131 e. The molecule has 4 nitrogen and oxygen atoms in total. The minimum atomic E-state index is 0.670. The van der Waals surface area contributed by atoms with Crippen LogP contribution in [0.1, 0.15) is 24.0 Å². The molecule has 0 bridgehead atoms. The fourth-order valence-electron chi connectivity index (χ4n) is 2.94. The van der Waals surface area contributed by atoms with Crippen LogP contribution in [0.5, 0.6) is 0 Å². The normalized spacial score (nSPS) is 19.9. The first kappa shape index (κ1) is 14.3. The summed E-state index contributed by atoms with van der Waals surface area (Å²) in [5.74, 6) is 1.11. The molecule has 1 aromatic heterocycles. The summed E-state index contributed by atoms with van der Waals surface area (Å²) in [7, 11) is 6.34. The number of aryl methyl sites for hydroxylation is 1. The summed E-state index contributed by atoms with van der Waals surface area (Å²) < 4.78 is 0. The fourth-order valence-corrected chi connectivity index (χ4v) is 2.94. The Balaban J connectivity index is 2.04. The molecule has 1 aliphatic heterocycles. The molecule has 1 saturated heterocycles. The van der Waals surface area contributed by atoms with Crippen LogP contribution >= 0.6 is 0 Å². The van der Waals surface area contributed by atoms with Crippen LogP contribution in [-0.2, 0) is 6.54 Å². The van der Waals surface area contributed by atoms with E-state index >= 15 is 0 Å². The molecule has 1 aliphatic rings. The smallest absolute Gasteiger partial charge is 0.131 e. The number of rotatable bonds is 5. The van der Waals surface area contributed by atoms with Crippen molar-refractivity contribution in [3.8, 4) is 0 Å². The second-order valence-corrected chi connectivity index (χ2v) is 5.67. The minimum Gasteiger partial charge on any atom is -0.358 e. The highest BCUT2D eigenvalue weighted by Crippen LogP contribution is 2.21. The summed E-state index contributed by atoms with van der Waals surface area (Å²) in [6.07, 6.45) is 4.61. The van der Waals surface area contributed by atoms with Crippen LogP contribution < -0.4 is 10.2 Å². The molecule has 1 atom stereocenters. The van der Waals surface area contributed by atoms with Crippen molar-refractivity contribution in [1.29, 1.82) is 0 Å². The Morgan fingerprint density at radius 2 is 2.32 bits per heavy atom. The van der Waals surface area contributed by atoms with E-state index in [2.05, 4.69) is 47.2 Å². The van der Waals surface area contributed by atoms with Gasteiger partial charge in [-0.25, -0.2) is 4.98 Å². The molecular weight excluding hydrogens is 236 g/mol. The topological polar surface area (TPSA) is 31.4 Å². The Kier molecular flexibility index (Phi) is 4.77. The summed E-state index contributed by atoms with van der Waals surface area (Å²) >= 11 is 0. The number of likely N-dealkylation sites (N-methyl/N-ethyl adjacent to an activating group) is 2. The lowest BCUT2D eigenvalue weighted by Gasteiger charge is -2.27. The van der Waals surface area contributed by atoms with E-state index in [0.717, 1.165) is 18.9 Å². The van der Waals surface area contributed by atoms with Crippen LogP contribution in [-0.4, -0.2) is 50.2 Å². The van der Waals surface area contributed by atoms with Crippen LogP contribution in [0, 0.1) is 6.92 Å². The van der Waals surface area contributed by atoms with E-state index in [0.29, 0.717) is 6.04 Å². The number of likely N-dealkylation sites (tertiary alicyclic amines) is 1. The summed E-state index contributed by atoms with van der Waals surface area (Å²) in [5.41, 5.74) is 2.51. The third-order valence-corrected chi connectivity index (χ3v) is 4.01. The van der Waals surface area contributed by atoms with Crippen molar-refractivity contribution >= 4 is 5.82 Å². The summed E-state index contributed by atoms with van der Waals surface area (Å²) in [4.78, 5) is 9.39. The highest BCUT2D eigenvalue weighted by Gasteiger charge is 2.22. The molecule has 0 aliphatic carbocycles. The second-order valence-electron chi connectivity index (χ2n) is 5.67. The lowest BCUT2D eigenvalue weighted by Crippen LogP contribution is -2.37. The van der Waals surface area contributed by atoms with Gasteiger partial charge in [0.1, 0.15) is 5.82 Å². The third-order valence-electron chi connectivity index (χ3n) is 4.01. The molecule has 0 saturated carbocycles. The molecule has 1 aromatic rings. The molecule has 1 N–H and O–H groups in total. The zero-order valence-corrected chi connectivity index (χ0v) is 12.6. The minimum absolute atomic E-state index is 0.670. The molecule has 0 amide bonds. The number of nitrogens with one attached hydrogen (secondary N) is 1. The average molecular weight is 262 g/mol. The fraction of sp³-hybridized carbons (Fsp3) is 0.667. The molecule has 0 spiro atoms. The van der Waals surface area contributed by atoms with Gasteiger partial charge in [-0.15, -0.1) is 0 Å². The Labute approximate surface area is 116 Å². The van der Waals surface area contributed by atoms with Gasteiger partial charge in [-0.1, -0.05) is 0 Å². The highest BCUT2D eigenvalue weighted by molar-refractivity contribution is 5.46. The molecule has 2 heterocycles. The lowest BCUT2D eigenvalue weighted by molar-refractivity contribution is 0.314. The summed E-state index contributed by atoms with van der Waals surface area (Å²) in [5, 5.41) is 3.16. The Morgan fingerprint density at radius 3 is 2.89 bits per heavy atom. The summed E-state index contributed by atoms with van der Waals surface area (Å²) in [6.45, 7) is 5.32. The van der Waals surface area contributed by atoms with Crippen molar-refractivity contribution in [1.82, 2.24) is 15.2 Å². The Morgan fingerprint density at radius 1 is 1.53 bits per heavy atom. The first-order chi connectivity index (χ1) is 9.11. The monoisotopic (exact) mass is 262 g/mol. The predicted molar refractivity (Wildman–Crippen MR) is 80.7 cm³/mol. The van der Waals surface area contributed by atoms with Crippen LogP contribution in [0.3, 0.4) is 0 Å². The van der Waals surface area contributed by atoms with Gasteiger partial charge in [0.25, 0.3) is 0 Å². The van der Waals surface area contributed by atoms with Gasteiger partial charge in [-0.05, 0) is 57.6 Å². The molecular formula is C15H26N4. The molecule has 19 heavy (non-hydrogen) atoms. The van der Waals surface area contributed by atoms with Gasteiger partial charge in [0.2, 0.25) is 0 Å². The van der Waals surface area contributed by atoms with E-state index in [-0.39, 0.29) is 0 Å². The average Bonchev–Trinajstić information content (AvgIpc) is 2.75. The van der Waals surface area contributed by atoms with E-state index in [9.17, 15) is 0 Å². The zero-order valence-electron chi connectivity index (χ0n) is 12.6. The second kappa shape index (κ2) is 6.35. The van der Waals surface area contributed by atoms with Crippen molar-refractivity contribution in [3.05, 3.63) is 23.4 Å². The number of aromatic nitrogens is 1. The number of pyridine rings is 1. The van der Waals surface area contributed by atoms with Gasteiger partial charge < -0.3 is 15.1 Å². The maximum atomic E-state index is 4.63. The lowest BCUT2D eigenvalue weighted by atomic mass is 10.1. The molecule has 0 radical (unpaired) electrons.